The number of amides is 1. The molecule has 25 heavy (non-hydrogen) atoms. The Labute approximate surface area is 148 Å². The molecule has 1 amide bonds. The number of carbonyl (C=O) groups is 1. The number of piperidine rings is 1. The second-order valence-electron chi connectivity index (χ2n) is 6.17. The normalized spacial score (nSPS) is 17.4. The molecule has 2 heterocycles. The number of likely N-dealkylation sites (tertiary alicyclic amines) is 1. The Morgan fingerprint density at radius 3 is 2.92 bits per heavy atom. The van der Waals surface area contributed by atoms with E-state index in [1.165, 1.54) is 0 Å². The molecule has 1 aliphatic rings. The van der Waals surface area contributed by atoms with Crippen LogP contribution in [0.25, 0.3) is 0 Å². The monoisotopic (exact) mass is 343 g/mol. The highest BCUT2D eigenvalue weighted by Gasteiger charge is 2.28. The predicted molar refractivity (Wildman–Crippen MR) is 95.1 cm³/mol. The summed E-state index contributed by atoms with van der Waals surface area (Å²) in [5.41, 5.74) is 0.636. The van der Waals surface area contributed by atoms with Gasteiger partial charge in [-0.1, -0.05) is 0 Å². The first kappa shape index (κ1) is 17.3. The Kier molecular flexibility index (Phi) is 5.58. The molecule has 0 spiro atoms. The lowest BCUT2D eigenvalue weighted by atomic mass is 10.0. The third-order valence-corrected chi connectivity index (χ3v) is 4.56. The number of methoxy groups -OCH3 is 1. The van der Waals surface area contributed by atoms with Gasteiger partial charge in [0, 0.05) is 24.5 Å². The molecule has 1 aromatic heterocycles. The third-order valence-electron chi connectivity index (χ3n) is 4.56. The molecular weight excluding hydrogens is 318 g/mol. The van der Waals surface area contributed by atoms with E-state index in [9.17, 15) is 4.79 Å². The Balaban J connectivity index is 1.80. The average molecular weight is 343 g/mol. The van der Waals surface area contributed by atoms with Gasteiger partial charge in [-0.05, 0) is 50.5 Å². The number of carbonyl (C=O) groups excluding carboxylic acids is 1. The molecular formula is C19H25N3O3. The molecule has 1 saturated heterocycles. The van der Waals surface area contributed by atoms with Gasteiger partial charge in [-0.25, -0.2) is 0 Å². The number of benzene rings is 1. The van der Waals surface area contributed by atoms with Crippen LogP contribution < -0.4 is 9.47 Å². The maximum Gasteiger partial charge on any atom is 0.254 e. The minimum Gasteiger partial charge on any atom is -0.493 e. The maximum absolute atomic E-state index is 13.1. The van der Waals surface area contributed by atoms with Crippen molar-refractivity contribution in [2.24, 2.45) is 0 Å². The highest BCUT2D eigenvalue weighted by atomic mass is 16.5. The lowest BCUT2D eigenvalue weighted by Crippen LogP contribution is -2.45. The highest BCUT2D eigenvalue weighted by molar-refractivity contribution is 5.95. The van der Waals surface area contributed by atoms with E-state index in [4.69, 9.17) is 9.47 Å². The Hall–Kier alpha value is -2.50. The SMILES string of the molecule is CCOc1cc(C(=O)N2CCCC[C@@H]2Cn2cccn2)ccc1OC. The molecule has 0 radical (unpaired) electrons. The molecule has 1 aromatic carbocycles. The molecule has 6 heteroatoms. The summed E-state index contributed by atoms with van der Waals surface area (Å²) < 4.78 is 12.8. The molecule has 1 atom stereocenters. The first-order valence-electron chi connectivity index (χ1n) is 8.82. The number of hydrogen-bond donors (Lipinski definition) is 0. The van der Waals surface area contributed by atoms with E-state index in [-0.39, 0.29) is 11.9 Å². The Bertz CT molecular complexity index is 700. The van der Waals surface area contributed by atoms with Crippen LogP contribution in [0.5, 0.6) is 11.5 Å². The van der Waals surface area contributed by atoms with E-state index in [1.54, 1.807) is 25.4 Å². The zero-order valence-corrected chi connectivity index (χ0v) is 14.9. The predicted octanol–water partition coefficient (Wildman–Crippen LogP) is 2.99. The lowest BCUT2D eigenvalue weighted by molar-refractivity contribution is 0.0583. The van der Waals surface area contributed by atoms with Crippen molar-refractivity contribution in [3.8, 4) is 11.5 Å². The Morgan fingerprint density at radius 2 is 2.20 bits per heavy atom. The van der Waals surface area contributed by atoms with Crippen LogP contribution >= 0.6 is 0 Å². The lowest BCUT2D eigenvalue weighted by Gasteiger charge is -2.36. The summed E-state index contributed by atoms with van der Waals surface area (Å²) >= 11 is 0. The van der Waals surface area contributed by atoms with Crippen LogP contribution in [0.2, 0.25) is 0 Å². The van der Waals surface area contributed by atoms with Crippen molar-refractivity contribution in [2.45, 2.75) is 38.8 Å². The minimum absolute atomic E-state index is 0.0421. The number of rotatable bonds is 6. The number of ether oxygens (including phenoxy) is 2. The van der Waals surface area contributed by atoms with E-state index in [2.05, 4.69) is 5.10 Å². The van der Waals surface area contributed by atoms with E-state index in [0.29, 0.717) is 23.7 Å². The van der Waals surface area contributed by atoms with Crippen molar-refractivity contribution >= 4 is 5.91 Å². The summed E-state index contributed by atoms with van der Waals surface area (Å²) in [6, 6.07) is 7.46. The Morgan fingerprint density at radius 1 is 1.32 bits per heavy atom. The van der Waals surface area contributed by atoms with Gasteiger partial charge in [-0.2, -0.15) is 5.10 Å². The van der Waals surface area contributed by atoms with Crippen molar-refractivity contribution in [1.29, 1.82) is 0 Å². The summed E-state index contributed by atoms with van der Waals surface area (Å²) in [6.07, 6.45) is 6.89. The molecule has 0 unspecified atom stereocenters. The van der Waals surface area contributed by atoms with E-state index < -0.39 is 0 Å². The van der Waals surface area contributed by atoms with E-state index in [0.717, 1.165) is 32.4 Å². The van der Waals surface area contributed by atoms with Gasteiger partial charge in [0.05, 0.1) is 26.3 Å². The summed E-state index contributed by atoms with van der Waals surface area (Å²) in [6.45, 7) is 3.95. The quantitative estimate of drug-likeness (QED) is 0.809. The second kappa shape index (κ2) is 8.05. The van der Waals surface area contributed by atoms with Crippen molar-refractivity contribution in [1.82, 2.24) is 14.7 Å². The fourth-order valence-electron chi connectivity index (χ4n) is 3.33. The minimum atomic E-state index is 0.0421. The van der Waals surface area contributed by atoms with Gasteiger partial charge < -0.3 is 14.4 Å². The standard InChI is InChI=1S/C19H25N3O3/c1-3-25-18-13-15(8-9-17(18)24-2)19(23)22-12-5-4-7-16(22)14-21-11-6-10-20-21/h6,8-11,13,16H,3-5,7,12,14H2,1-2H3/t16-/m1/s1. The van der Waals surface area contributed by atoms with Crippen LogP contribution in [0.1, 0.15) is 36.5 Å². The summed E-state index contributed by atoms with van der Waals surface area (Å²) in [4.78, 5) is 15.1. The molecule has 1 aliphatic heterocycles. The zero-order valence-electron chi connectivity index (χ0n) is 14.9. The van der Waals surface area contributed by atoms with Crippen LogP contribution in [-0.4, -0.2) is 46.9 Å². The van der Waals surface area contributed by atoms with Crippen molar-refractivity contribution in [3.63, 3.8) is 0 Å². The molecule has 6 nitrogen and oxygen atoms in total. The fourth-order valence-corrected chi connectivity index (χ4v) is 3.33. The van der Waals surface area contributed by atoms with E-state index >= 15 is 0 Å². The van der Waals surface area contributed by atoms with Crippen LogP contribution in [0.15, 0.2) is 36.7 Å². The molecule has 0 aliphatic carbocycles. The van der Waals surface area contributed by atoms with Gasteiger partial charge in [0.25, 0.3) is 5.91 Å². The average Bonchev–Trinajstić information content (AvgIpc) is 3.15. The van der Waals surface area contributed by atoms with E-state index in [1.807, 2.05) is 34.8 Å². The molecule has 0 N–H and O–H groups in total. The molecule has 0 saturated carbocycles. The summed E-state index contributed by atoms with van der Waals surface area (Å²) in [5.74, 6) is 1.29. The molecule has 1 fully saturated rings. The van der Waals surface area contributed by atoms with Gasteiger partial charge in [0.15, 0.2) is 11.5 Å². The molecule has 0 bridgehead atoms. The van der Waals surface area contributed by atoms with Gasteiger partial charge in [-0.15, -0.1) is 0 Å². The van der Waals surface area contributed by atoms with Crippen LogP contribution in [-0.2, 0) is 6.54 Å². The van der Waals surface area contributed by atoms with Crippen LogP contribution in [0.4, 0.5) is 0 Å². The van der Waals surface area contributed by atoms with Crippen LogP contribution in [0.3, 0.4) is 0 Å². The van der Waals surface area contributed by atoms with Crippen molar-refractivity contribution in [2.75, 3.05) is 20.3 Å². The number of hydrogen-bond acceptors (Lipinski definition) is 4. The maximum atomic E-state index is 13.1. The third kappa shape index (κ3) is 3.95. The number of nitrogens with zero attached hydrogens (tertiary/aromatic N) is 3. The van der Waals surface area contributed by atoms with Crippen molar-refractivity contribution in [3.05, 3.63) is 42.2 Å². The highest BCUT2D eigenvalue weighted by Crippen LogP contribution is 2.29. The summed E-state index contributed by atoms with van der Waals surface area (Å²) in [5, 5.41) is 4.28. The first-order valence-corrected chi connectivity index (χ1v) is 8.82. The van der Waals surface area contributed by atoms with Gasteiger partial charge >= 0.3 is 0 Å². The fraction of sp³-hybridized carbons (Fsp3) is 0.474. The smallest absolute Gasteiger partial charge is 0.254 e. The molecule has 134 valence electrons. The van der Waals surface area contributed by atoms with Gasteiger partial charge in [0.1, 0.15) is 0 Å². The second-order valence-corrected chi connectivity index (χ2v) is 6.17. The molecule has 3 rings (SSSR count). The zero-order chi connectivity index (χ0) is 17.6. The van der Waals surface area contributed by atoms with Gasteiger partial charge in [0.2, 0.25) is 0 Å². The largest absolute Gasteiger partial charge is 0.493 e. The summed E-state index contributed by atoms with van der Waals surface area (Å²) in [7, 11) is 1.60. The topological polar surface area (TPSA) is 56.6 Å². The van der Waals surface area contributed by atoms with Crippen molar-refractivity contribution < 1.29 is 14.3 Å². The first-order chi connectivity index (χ1) is 12.2. The van der Waals surface area contributed by atoms with Gasteiger partial charge in [-0.3, -0.25) is 9.48 Å². The molecule has 2 aromatic rings. The van der Waals surface area contributed by atoms with Crippen LogP contribution in [0, 0.1) is 0 Å². The number of aromatic nitrogens is 2.